The Labute approximate surface area is 166 Å². The number of rotatable bonds is 6. The van der Waals surface area contributed by atoms with E-state index in [2.05, 4.69) is 63.2 Å². The van der Waals surface area contributed by atoms with Gasteiger partial charge in [0.05, 0.1) is 5.69 Å². The van der Waals surface area contributed by atoms with Crippen molar-refractivity contribution in [3.8, 4) is 22.0 Å². The van der Waals surface area contributed by atoms with Crippen molar-refractivity contribution in [2.24, 2.45) is 0 Å². The average molecular weight is 394 g/mol. The van der Waals surface area contributed by atoms with Crippen LogP contribution in [0.25, 0.3) is 22.0 Å². The van der Waals surface area contributed by atoms with Gasteiger partial charge in [-0.15, -0.1) is 21.5 Å². The minimum absolute atomic E-state index is 0.775. The number of hydrogen-bond donors (Lipinski definition) is 0. The summed E-state index contributed by atoms with van der Waals surface area (Å²) in [6.45, 7) is 5.02. The predicted octanol–water partition coefficient (Wildman–Crippen LogP) is 5.08. The number of nitrogens with zero attached hydrogens (tertiary/aromatic N) is 5. The largest absolute Gasteiger partial charge is 0.302 e. The third kappa shape index (κ3) is 3.94. The molecule has 1 aromatic carbocycles. The van der Waals surface area contributed by atoms with Crippen molar-refractivity contribution in [2.45, 2.75) is 31.3 Å². The van der Waals surface area contributed by atoms with Gasteiger partial charge < -0.3 is 4.57 Å². The zero-order chi connectivity index (χ0) is 18.6. The highest BCUT2D eigenvalue weighted by Gasteiger charge is 2.14. The second kappa shape index (κ2) is 8.02. The molecule has 0 spiro atoms. The van der Waals surface area contributed by atoms with Crippen LogP contribution in [0.15, 0.2) is 59.3 Å². The third-order valence-corrected chi connectivity index (χ3v) is 6.11. The highest BCUT2D eigenvalue weighted by atomic mass is 32.2. The topological polar surface area (TPSA) is 56.5 Å². The highest BCUT2D eigenvalue weighted by molar-refractivity contribution is 7.98. The van der Waals surface area contributed by atoms with Gasteiger partial charge in [-0.05, 0) is 26.0 Å². The zero-order valence-electron chi connectivity index (χ0n) is 15.2. The van der Waals surface area contributed by atoms with E-state index in [9.17, 15) is 0 Å². The van der Waals surface area contributed by atoms with Crippen molar-refractivity contribution in [2.75, 3.05) is 0 Å². The summed E-state index contributed by atoms with van der Waals surface area (Å²) in [5, 5.41) is 12.9. The minimum Gasteiger partial charge on any atom is -0.302 e. The van der Waals surface area contributed by atoms with Gasteiger partial charge >= 0.3 is 0 Å². The first-order valence-corrected chi connectivity index (χ1v) is 10.6. The van der Waals surface area contributed by atoms with Gasteiger partial charge in [-0.1, -0.05) is 41.6 Å². The number of pyridine rings is 1. The maximum atomic E-state index is 4.78. The molecular weight excluding hydrogens is 374 g/mol. The molecule has 0 radical (unpaired) electrons. The first-order valence-electron chi connectivity index (χ1n) is 8.72. The lowest BCUT2D eigenvalue weighted by molar-refractivity contribution is 0.687. The van der Waals surface area contributed by atoms with Crippen molar-refractivity contribution in [1.29, 1.82) is 0 Å². The maximum absolute atomic E-state index is 4.78. The van der Waals surface area contributed by atoms with Gasteiger partial charge in [0.1, 0.15) is 5.01 Å². The molecular formula is C20H19N5S2. The summed E-state index contributed by atoms with van der Waals surface area (Å²) < 4.78 is 2.13. The second-order valence-corrected chi connectivity index (χ2v) is 7.89. The highest BCUT2D eigenvalue weighted by Crippen LogP contribution is 2.29. The Kier molecular flexibility index (Phi) is 5.31. The smallest absolute Gasteiger partial charge is 0.191 e. The Morgan fingerprint density at radius 1 is 1.00 bits per heavy atom. The van der Waals surface area contributed by atoms with E-state index in [-0.39, 0.29) is 0 Å². The lowest BCUT2D eigenvalue weighted by atomic mass is 10.2. The number of hydrogen-bond acceptors (Lipinski definition) is 6. The van der Waals surface area contributed by atoms with Gasteiger partial charge in [0.15, 0.2) is 11.0 Å². The molecule has 4 rings (SSSR count). The Morgan fingerprint density at radius 3 is 2.52 bits per heavy atom. The van der Waals surface area contributed by atoms with Crippen molar-refractivity contribution >= 4 is 23.1 Å². The first-order chi connectivity index (χ1) is 13.2. The van der Waals surface area contributed by atoms with Crippen molar-refractivity contribution in [3.63, 3.8) is 0 Å². The molecule has 0 fully saturated rings. The van der Waals surface area contributed by atoms with E-state index in [0.29, 0.717) is 0 Å². The molecule has 0 saturated heterocycles. The predicted molar refractivity (Wildman–Crippen MR) is 111 cm³/mol. The standard InChI is InChI=1S/C20H19N5S2/c1-3-25-18(15-8-10-21-11-9-15)23-24-20(25)27-13-17-12-26-19(22-17)16-6-4-14(2)5-7-16/h4-12H,3,13H2,1-2H3. The number of aryl methyl sites for hydroxylation is 1. The molecule has 0 N–H and O–H groups in total. The molecule has 0 aliphatic rings. The molecule has 0 amide bonds. The average Bonchev–Trinajstić information content (AvgIpc) is 3.34. The van der Waals surface area contributed by atoms with Gasteiger partial charge in [0, 0.05) is 41.2 Å². The molecule has 7 heteroatoms. The van der Waals surface area contributed by atoms with E-state index in [1.807, 2.05) is 12.1 Å². The summed E-state index contributed by atoms with van der Waals surface area (Å²) in [7, 11) is 0. The van der Waals surface area contributed by atoms with Gasteiger partial charge in [0.25, 0.3) is 0 Å². The number of aromatic nitrogens is 5. The van der Waals surface area contributed by atoms with Gasteiger partial charge in [-0.3, -0.25) is 4.98 Å². The normalized spacial score (nSPS) is 11.0. The van der Waals surface area contributed by atoms with Gasteiger partial charge in [-0.2, -0.15) is 0 Å². The molecule has 0 aliphatic carbocycles. The van der Waals surface area contributed by atoms with Crippen LogP contribution in [0.5, 0.6) is 0 Å². The summed E-state index contributed by atoms with van der Waals surface area (Å²) in [6, 6.07) is 12.4. The Balaban J connectivity index is 1.50. The maximum Gasteiger partial charge on any atom is 0.191 e. The quantitative estimate of drug-likeness (QED) is 0.427. The summed E-state index contributed by atoms with van der Waals surface area (Å²) >= 11 is 3.35. The first kappa shape index (κ1) is 17.9. The van der Waals surface area contributed by atoms with E-state index < -0.39 is 0 Å². The van der Waals surface area contributed by atoms with Crippen molar-refractivity contribution < 1.29 is 0 Å². The molecule has 0 saturated carbocycles. The van der Waals surface area contributed by atoms with Crippen LogP contribution >= 0.6 is 23.1 Å². The van der Waals surface area contributed by atoms with Crippen LogP contribution < -0.4 is 0 Å². The molecule has 0 bridgehead atoms. The molecule has 136 valence electrons. The molecule has 0 aliphatic heterocycles. The summed E-state index contributed by atoms with van der Waals surface area (Å²) in [5.41, 5.74) is 4.52. The number of benzene rings is 1. The zero-order valence-corrected chi connectivity index (χ0v) is 16.8. The molecule has 0 atom stereocenters. The molecule has 0 unspecified atom stereocenters. The SMILES string of the molecule is CCn1c(SCc2csc(-c3ccc(C)cc3)n2)nnc1-c1ccncc1. The summed E-state index contributed by atoms with van der Waals surface area (Å²) in [5.74, 6) is 1.65. The van der Waals surface area contributed by atoms with Crippen LogP contribution in [0.1, 0.15) is 18.2 Å². The van der Waals surface area contributed by atoms with Crippen molar-refractivity contribution in [1.82, 2.24) is 24.7 Å². The van der Waals surface area contributed by atoms with E-state index in [4.69, 9.17) is 4.98 Å². The molecule has 27 heavy (non-hydrogen) atoms. The fourth-order valence-electron chi connectivity index (χ4n) is 2.74. The van der Waals surface area contributed by atoms with Crippen LogP contribution in [0.3, 0.4) is 0 Å². The fourth-order valence-corrected chi connectivity index (χ4v) is 4.56. The Bertz CT molecular complexity index is 1020. The Hall–Kier alpha value is -2.51. The van der Waals surface area contributed by atoms with Crippen LogP contribution in [-0.4, -0.2) is 24.7 Å². The van der Waals surface area contributed by atoms with E-state index in [0.717, 1.165) is 39.5 Å². The lowest BCUT2D eigenvalue weighted by Crippen LogP contribution is -2.00. The summed E-state index contributed by atoms with van der Waals surface area (Å²) in [4.78, 5) is 8.85. The molecule has 4 aromatic rings. The monoisotopic (exact) mass is 393 g/mol. The summed E-state index contributed by atoms with van der Waals surface area (Å²) in [6.07, 6.45) is 3.55. The fraction of sp³-hybridized carbons (Fsp3) is 0.200. The lowest BCUT2D eigenvalue weighted by Gasteiger charge is -2.06. The molecule has 3 aromatic heterocycles. The van der Waals surface area contributed by atoms with Crippen LogP contribution in [0.2, 0.25) is 0 Å². The van der Waals surface area contributed by atoms with E-state index in [1.54, 1.807) is 35.5 Å². The van der Waals surface area contributed by atoms with E-state index >= 15 is 0 Å². The molecule has 3 heterocycles. The van der Waals surface area contributed by atoms with Crippen LogP contribution in [0, 0.1) is 6.92 Å². The van der Waals surface area contributed by atoms with Gasteiger partial charge in [0.2, 0.25) is 0 Å². The van der Waals surface area contributed by atoms with Gasteiger partial charge in [-0.25, -0.2) is 4.98 Å². The van der Waals surface area contributed by atoms with Crippen molar-refractivity contribution in [3.05, 3.63) is 65.4 Å². The molecule has 5 nitrogen and oxygen atoms in total. The van der Waals surface area contributed by atoms with Crippen LogP contribution in [0.4, 0.5) is 0 Å². The minimum atomic E-state index is 0.775. The van der Waals surface area contributed by atoms with Crippen LogP contribution in [-0.2, 0) is 12.3 Å². The Morgan fingerprint density at radius 2 is 1.78 bits per heavy atom. The number of thioether (sulfide) groups is 1. The third-order valence-electron chi connectivity index (χ3n) is 4.17. The second-order valence-electron chi connectivity index (χ2n) is 6.09. The van der Waals surface area contributed by atoms with E-state index in [1.165, 1.54) is 11.1 Å². The number of thiazole rings is 1.